The zero-order chi connectivity index (χ0) is 51.1. The Labute approximate surface area is 457 Å². The van der Waals surface area contributed by atoms with E-state index in [0.717, 1.165) is 101 Å². The molecule has 4 heteroatoms. The molecule has 0 aliphatic carbocycles. The van der Waals surface area contributed by atoms with E-state index in [9.17, 15) is 5.11 Å². The van der Waals surface area contributed by atoms with Gasteiger partial charge in [0.1, 0.15) is 0 Å². The van der Waals surface area contributed by atoms with Crippen molar-refractivity contribution < 1.29 is 22.2 Å². The number of hydrogen-bond donors (Lipinski definition) is 0. The van der Waals surface area contributed by atoms with Gasteiger partial charge in [-0.15, -0.1) is 17.1 Å². The summed E-state index contributed by atoms with van der Waals surface area (Å²) >= 11 is 0. The Kier molecular flexibility index (Phi) is 15.3. The monoisotopic (exact) mass is 1030 g/mol. The first-order valence-electron chi connectivity index (χ1n) is 25.5. The summed E-state index contributed by atoms with van der Waals surface area (Å²) in [5, 5.41) is 10.3. The van der Waals surface area contributed by atoms with E-state index in [1.807, 2.05) is 6.07 Å². The van der Waals surface area contributed by atoms with Gasteiger partial charge >= 0.3 is 17.1 Å². The number of nitrogens with zero attached hydrogens (tertiary/aromatic N) is 2. The molecule has 0 N–H and O–H groups in total. The summed E-state index contributed by atoms with van der Waals surface area (Å²) in [6, 6.07) is 95.3. The van der Waals surface area contributed by atoms with Gasteiger partial charge in [-0.25, -0.2) is 0 Å². The number of rotatable bonds is 11. The van der Waals surface area contributed by atoms with Crippen molar-refractivity contribution in [3.05, 3.63) is 313 Å². The maximum atomic E-state index is 10.3. The summed E-state index contributed by atoms with van der Waals surface area (Å²) in [6.07, 6.45) is 0. The van der Waals surface area contributed by atoms with E-state index in [4.69, 9.17) is 9.97 Å². The Morgan fingerprint density at radius 2 is 0.579 bits per heavy atom. The van der Waals surface area contributed by atoms with Crippen LogP contribution in [0.25, 0.3) is 89.3 Å². The first-order chi connectivity index (χ1) is 36.9. The number of aromatic nitrogens is 2. The van der Waals surface area contributed by atoms with E-state index in [1.165, 1.54) is 39.9 Å². The quantitative estimate of drug-likeness (QED) is 0.0958. The zero-order valence-corrected chi connectivity index (χ0v) is 43.5. The molecule has 0 saturated heterocycles. The minimum Gasteiger partial charge on any atom is -0.872 e. The molecule has 10 aromatic carbocycles. The van der Waals surface area contributed by atoms with Crippen LogP contribution in [0.1, 0.15) is 33.6 Å². The van der Waals surface area contributed by atoms with E-state index in [2.05, 4.69) is 263 Å². The van der Waals surface area contributed by atoms with Gasteiger partial charge in [-0.3, -0.25) is 0 Å². The average Bonchev–Trinajstić information content (AvgIpc) is 4.17. The normalized spacial score (nSPS) is 10.8. The largest absolute Gasteiger partial charge is 2.00 e. The Morgan fingerprint density at radius 1 is 0.303 bits per heavy atom. The van der Waals surface area contributed by atoms with Crippen molar-refractivity contribution in [2.45, 2.75) is 20.8 Å². The second kappa shape index (κ2) is 23.0. The summed E-state index contributed by atoms with van der Waals surface area (Å²) in [5.41, 5.74) is 24.3. The first kappa shape index (κ1) is 50.5. The van der Waals surface area contributed by atoms with Crippen LogP contribution in [-0.4, -0.2) is 0 Å². The van der Waals surface area contributed by atoms with Gasteiger partial charge < -0.3 is 15.1 Å². The Bertz CT molecular complexity index is 3480. The number of benzene rings is 10. The fourth-order valence-electron chi connectivity index (χ4n) is 10.5. The van der Waals surface area contributed by atoms with Gasteiger partial charge in [0.05, 0.1) is 5.56 Å². The molecule has 12 aromatic rings. The molecule has 0 spiro atoms. The molecule has 12 rings (SSSR count). The molecule has 0 atom stereocenters. The summed E-state index contributed by atoms with van der Waals surface area (Å²) in [6.45, 7) is 6.61. The van der Waals surface area contributed by atoms with Crippen LogP contribution in [0.3, 0.4) is 0 Å². The first-order valence-corrected chi connectivity index (χ1v) is 25.5. The number of hydrogen-bond acceptors (Lipinski definition) is 1. The van der Waals surface area contributed by atoms with Gasteiger partial charge in [-0.05, 0) is 165 Å². The average molecular weight is 1030 g/mol. The van der Waals surface area contributed by atoms with Crippen LogP contribution in [-0.2, 0) is 17.1 Å². The molecule has 1 radical (unpaired) electrons. The standard InChI is InChI=1S/C66H49N2.C6H6O.Cu/c1-44-38-45(2)63(46(3)39-44)66(61-36-34-59(67-61)64-55(49-26-14-6-15-27-49)40-53(47-22-10-4-11-23-47)41-56(64)50-28-16-7-17-29-50)62-37-35-60(68-62)65-57(51-30-18-8-19-31-51)42-54(48-24-12-5-13-25-48)43-58(65)52-32-20-9-21-33-52;7-6-4-2-1-3-5-6;/h4-43H,1-3H3;1-5,7H;/q-1;;+2/p-1. The molecule has 0 bridgehead atoms. The maximum Gasteiger partial charge on any atom is 2.00 e. The van der Waals surface area contributed by atoms with E-state index in [0.29, 0.717) is 0 Å². The van der Waals surface area contributed by atoms with Crippen LogP contribution in [0.5, 0.6) is 5.75 Å². The van der Waals surface area contributed by atoms with E-state index in [-0.39, 0.29) is 22.8 Å². The van der Waals surface area contributed by atoms with Gasteiger partial charge in [0, 0.05) is 17.0 Å². The topological polar surface area (TPSA) is 51.3 Å². The van der Waals surface area contributed by atoms with Crippen molar-refractivity contribution in [1.82, 2.24) is 9.97 Å². The van der Waals surface area contributed by atoms with Crippen molar-refractivity contribution in [1.29, 1.82) is 0 Å². The summed E-state index contributed by atoms with van der Waals surface area (Å²) < 4.78 is 0. The fourth-order valence-corrected chi connectivity index (χ4v) is 10.5. The molecule has 0 aliphatic heterocycles. The zero-order valence-electron chi connectivity index (χ0n) is 42.6. The predicted octanol–water partition coefficient (Wildman–Crippen LogP) is 17.6. The number of para-hydroxylation sites is 1. The Balaban J connectivity index is 0.000000761. The molecule has 0 amide bonds. The maximum absolute atomic E-state index is 10.3. The minimum atomic E-state index is 0. The van der Waals surface area contributed by atoms with Gasteiger partial charge in [-0.1, -0.05) is 224 Å². The van der Waals surface area contributed by atoms with Gasteiger partial charge in [0.15, 0.2) is 0 Å². The second-order valence-electron chi connectivity index (χ2n) is 19.0. The summed E-state index contributed by atoms with van der Waals surface area (Å²) in [5.74, 6) is 1.09. The van der Waals surface area contributed by atoms with Crippen LogP contribution in [0, 0.1) is 26.7 Å². The molecule has 369 valence electrons. The summed E-state index contributed by atoms with van der Waals surface area (Å²) in [7, 11) is 0. The molecular formula is C72H54CuN2O. The molecule has 0 fully saturated rings. The van der Waals surface area contributed by atoms with E-state index >= 15 is 0 Å². The second-order valence-corrected chi connectivity index (χ2v) is 19.0. The van der Waals surface area contributed by atoms with Crippen molar-refractivity contribution in [2.75, 3.05) is 0 Å². The van der Waals surface area contributed by atoms with E-state index in [1.54, 1.807) is 12.1 Å². The predicted molar refractivity (Wildman–Crippen MR) is 310 cm³/mol. The molecule has 3 nitrogen and oxygen atoms in total. The third kappa shape index (κ3) is 10.8. The Hall–Kier alpha value is -9.05. The van der Waals surface area contributed by atoms with Crippen LogP contribution < -0.4 is 15.1 Å². The molecule has 0 saturated carbocycles. The molecule has 2 heterocycles. The molecule has 0 unspecified atom stereocenters. The fraction of sp³-hybridized carbons (Fsp3) is 0.0417. The van der Waals surface area contributed by atoms with Crippen LogP contribution in [0.2, 0.25) is 0 Å². The van der Waals surface area contributed by atoms with Crippen molar-refractivity contribution in [3.8, 4) is 95.0 Å². The van der Waals surface area contributed by atoms with Crippen molar-refractivity contribution in [2.24, 2.45) is 0 Å². The SMILES string of the molecule is Cc1cc(C)c([C+](c2ccc(-c3c(-c4ccccc4)cc(-c4ccccc4)cc3-c3ccccc3)[n-]2)c2ccc(-c3c(-c4ccccc4)cc(-c4ccccc4)cc3-c3ccccc3)[n-]2)c(C)c1.[Cu+2].[O-]c1ccccc1. The van der Waals surface area contributed by atoms with Crippen molar-refractivity contribution >= 4 is 0 Å². The summed E-state index contributed by atoms with van der Waals surface area (Å²) in [4.78, 5) is 11.4. The third-order valence-electron chi connectivity index (χ3n) is 13.8. The van der Waals surface area contributed by atoms with Crippen LogP contribution in [0.4, 0.5) is 0 Å². The molecule has 76 heavy (non-hydrogen) atoms. The molecule has 0 aliphatic rings. The smallest absolute Gasteiger partial charge is 0.872 e. The van der Waals surface area contributed by atoms with Crippen LogP contribution >= 0.6 is 0 Å². The Morgan fingerprint density at radius 3 is 0.855 bits per heavy atom. The van der Waals surface area contributed by atoms with Gasteiger partial charge in [-0.2, -0.15) is 0 Å². The van der Waals surface area contributed by atoms with Gasteiger partial charge in [0.2, 0.25) is 0 Å². The number of aryl methyl sites for hydroxylation is 3. The van der Waals surface area contributed by atoms with Crippen molar-refractivity contribution in [3.63, 3.8) is 0 Å². The molecule has 2 aromatic heterocycles. The minimum absolute atomic E-state index is 0. The van der Waals surface area contributed by atoms with E-state index < -0.39 is 0 Å². The molecular weight excluding hydrogens is 972 g/mol. The third-order valence-corrected chi connectivity index (χ3v) is 13.8. The van der Waals surface area contributed by atoms with Crippen LogP contribution in [0.15, 0.2) is 273 Å². The van der Waals surface area contributed by atoms with Gasteiger partial charge in [0.25, 0.3) is 0 Å².